The number of aliphatic hydroxyl groups excluding tert-OH is 1. The highest BCUT2D eigenvalue weighted by Crippen LogP contribution is 2.29. The van der Waals surface area contributed by atoms with Crippen LogP contribution < -0.4 is 10.2 Å². The molecular weight excluding hydrogens is 454 g/mol. The van der Waals surface area contributed by atoms with Crippen LogP contribution in [-0.2, 0) is 29.2 Å². The molecule has 1 heterocycles. The Labute approximate surface area is 183 Å². The molecule has 1 aliphatic rings. The van der Waals surface area contributed by atoms with Crippen molar-refractivity contribution in [1.82, 2.24) is 9.79 Å². The Hall–Kier alpha value is -2.68. The lowest BCUT2D eigenvalue weighted by Gasteiger charge is -2.23. The zero-order valence-corrected chi connectivity index (χ0v) is 18.1. The predicted molar refractivity (Wildman–Crippen MR) is 110 cm³/mol. The number of carbonyl (C=O) groups is 2. The number of anilines is 1. The average molecular weight is 478 g/mol. The molecule has 0 aliphatic carbocycles. The lowest BCUT2D eigenvalue weighted by Crippen LogP contribution is -2.36. The number of aliphatic hydroxyl groups is 1. The lowest BCUT2D eigenvalue weighted by molar-refractivity contribution is -0.131. The second-order valence-electron chi connectivity index (χ2n) is 6.63. The van der Waals surface area contributed by atoms with Crippen molar-refractivity contribution in [2.75, 3.05) is 50.0 Å². The van der Waals surface area contributed by atoms with E-state index in [2.05, 4.69) is 10.3 Å². The molecule has 1 aromatic rings. The maximum atomic E-state index is 14.7. The highest BCUT2D eigenvalue weighted by molar-refractivity contribution is 7.88. The van der Waals surface area contributed by atoms with Crippen LogP contribution in [0.15, 0.2) is 17.1 Å². The van der Waals surface area contributed by atoms with E-state index in [1.54, 1.807) is 0 Å². The van der Waals surface area contributed by atoms with Crippen molar-refractivity contribution in [3.63, 3.8) is 0 Å². The first-order chi connectivity index (χ1) is 15.2. The summed E-state index contributed by atoms with van der Waals surface area (Å²) >= 11 is 0. The van der Waals surface area contributed by atoms with Crippen molar-refractivity contribution >= 4 is 40.0 Å². The summed E-state index contributed by atoms with van der Waals surface area (Å²) in [6.45, 7) is 0.430. The number of hydroxylamine groups is 1. The van der Waals surface area contributed by atoms with Gasteiger partial charge in [0.25, 0.3) is 6.47 Å². The summed E-state index contributed by atoms with van der Waals surface area (Å²) in [4.78, 5) is 31.9. The number of halogens is 2. The van der Waals surface area contributed by atoms with Gasteiger partial charge in [0.1, 0.15) is 5.69 Å². The highest BCUT2D eigenvalue weighted by Gasteiger charge is 2.28. The van der Waals surface area contributed by atoms with Crippen LogP contribution in [0.1, 0.15) is 6.92 Å². The van der Waals surface area contributed by atoms with Crippen LogP contribution in [0.3, 0.4) is 0 Å². The number of benzene rings is 1. The first-order valence-corrected chi connectivity index (χ1v) is 11.1. The Bertz CT molecular complexity index is 922. The van der Waals surface area contributed by atoms with Gasteiger partial charge in [-0.25, -0.2) is 17.2 Å². The average Bonchev–Trinajstić information content (AvgIpc) is 2.96. The molecule has 1 fully saturated rings. The Balaban J connectivity index is 2.15. The van der Waals surface area contributed by atoms with E-state index < -0.39 is 40.1 Å². The van der Waals surface area contributed by atoms with Crippen LogP contribution in [0.2, 0.25) is 0 Å². The van der Waals surface area contributed by atoms with Crippen molar-refractivity contribution in [3.8, 4) is 0 Å². The van der Waals surface area contributed by atoms with Gasteiger partial charge in [-0.1, -0.05) is 4.47 Å². The van der Waals surface area contributed by atoms with Gasteiger partial charge in [0.15, 0.2) is 17.7 Å². The zero-order chi connectivity index (χ0) is 23.7. The molecule has 178 valence electrons. The monoisotopic (exact) mass is 478 g/mol. The van der Waals surface area contributed by atoms with E-state index >= 15 is 0 Å². The van der Waals surface area contributed by atoms with E-state index in [-0.39, 0.29) is 56.5 Å². The predicted octanol–water partition coefficient (Wildman–Crippen LogP) is -0.279. The van der Waals surface area contributed by atoms with Crippen LogP contribution in [0, 0.1) is 11.6 Å². The molecule has 1 aliphatic heterocycles. The third-order valence-electron chi connectivity index (χ3n) is 4.30. The first-order valence-electron chi connectivity index (χ1n) is 9.54. The molecule has 11 nitrogen and oxygen atoms in total. The number of ether oxygens (including phenoxy) is 1. The summed E-state index contributed by atoms with van der Waals surface area (Å²) in [6, 6.07) is 1.94. The van der Waals surface area contributed by atoms with E-state index in [1.807, 2.05) is 0 Å². The van der Waals surface area contributed by atoms with Gasteiger partial charge < -0.3 is 20.1 Å². The Morgan fingerprint density at radius 3 is 2.62 bits per heavy atom. The highest BCUT2D eigenvalue weighted by atomic mass is 32.2. The fraction of sp³-hybridized carbons (Fsp3) is 0.500. The third kappa shape index (κ3) is 7.19. The molecule has 0 unspecified atom stereocenters. The molecular formula is C18H24F2N4O7S. The van der Waals surface area contributed by atoms with Gasteiger partial charge in [0.05, 0.1) is 37.7 Å². The zero-order valence-electron chi connectivity index (χ0n) is 17.2. The molecule has 0 bridgehead atoms. The van der Waals surface area contributed by atoms with Gasteiger partial charge in [-0.3, -0.25) is 19.4 Å². The van der Waals surface area contributed by atoms with Gasteiger partial charge in [-0.2, -0.15) is 0 Å². The second kappa shape index (κ2) is 11.8. The molecule has 2 N–H and O–H groups in total. The number of rotatable bonds is 10. The number of nitrogens with one attached hydrogen (secondary N) is 1. The summed E-state index contributed by atoms with van der Waals surface area (Å²) in [5.74, 6) is -2.75. The Kier molecular flexibility index (Phi) is 9.43. The van der Waals surface area contributed by atoms with E-state index in [1.165, 1.54) is 11.8 Å². The van der Waals surface area contributed by atoms with Gasteiger partial charge in [0, 0.05) is 38.4 Å². The normalized spacial score (nSPS) is 16.6. The fourth-order valence-electron chi connectivity index (χ4n) is 2.84. The minimum absolute atomic E-state index is 0.0214. The minimum Gasteiger partial charge on any atom is -0.457 e. The standard InChI is InChI=1S/C18H24F2N4O7S/c1-13(27)21-10-15(30-12-26)11-22-14-8-16(19)18(17(20)9-14)23-2-3-24(31-6-4-23)32(28,29)7-5-25/h8-9,11-12,15,25H,2-7,10H2,1H3,(H,21,27)/t15-/m0/s1. The van der Waals surface area contributed by atoms with E-state index in [0.29, 0.717) is 4.47 Å². The molecule has 1 atom stereocenters. The van der Waals surface area contributed by atoms with Crippen LogP contribution in [0.25, 0.3) is 0 Å². The van der Waals surface area contributed by atoms with Crippen molar-refractivity contribution in [3.05, 3.63) is 23.8 Å². The van der Waals surface area contributed by atoms with Gasteiger partial charge in [0.2, 0.25) is 15.9 Å². The van der Waals surface area contributed by atoms with Crippen molar-refractivity contribution < 1.29 is 41.5 Å². The summed E-state index contributed by atoms with van der Waals surface area (Å²) in [5.41, 5.74) is -0.461. The number of nitrogens with zero attached hydrogens (tertiary/aromatic N) is 3. The second-order valence-corrected chi connectivity index (χ2v) is 8.61. The van der Waals surface area contributed by atoms with Crippen molar-refractivity contribution in [2.45, 2.75) is 13.0 Å². The molecule has 0 spiro atoms. The smallest absolute Gasteiger partial charge is 0.293 e. The Morgan fingerprint density at radius 2 is 2.03 bits per heavy atom. The Morgan fingerprint density at radius 1 is 1.34 bits per heavy atom. The van der Waals surface area contributed by atoms with Crippen LogP contribution in [-0.4, -0.2) is 87.8 Å². The number of hydrogen-bond acceptors (Lipinski definition) is 9. The molecule has 0 aromatic heterocycles. The number of aliphatic imine (C=N–C) groups is 1. The largest absolute Gasteiger partial charge is 0.457 e. The topological polar surface area (TPSA) is 138 Å². The lowest BCUT2D eigenvalue weighted by atomic mass is 10.2. The van der Waals surface area contributed by atoms with Crippen molar-refractivity contribution in [1.29, 1.82) is 0 Å². The van der Waals surface area contributed by atoms with Crippen molar-refractivity contribution in [2.24, 2.45) is 4.99 Å². The first kappa shape index (κ1) is 25.6. The molecule has 14 heteroatoms. The fourth-order valence-corrected chi connectivity index (χ4v) is 3.87. The van der Waals surface area contributed by atoms with Crippen LogP contribution in [0.4, 0.5) is 20.2 Å². The number of amides is 1. The number of sulfonamides is 1. The molecule has 32 heavy (non-hydrogen) atoms. The third-order valence-corrected chi connectivity index (χ3v) is 5.91. The summed E-state index contributed by atoms with van der Waals surface area (Å²) < 4.78 is 58.9. The summed E-state index contributed by atoms with van der Waals surface area (Å²) in [7, 11) is -3.85. The summed E-state index contributed by atoms with van der Waals surface area (Å²) in [5, 5.41) is 11.3. The maximum Gasteiger partial charge on any atom is 0.293 e. The summed E-state index contributed by atoms with van der Waals surface area (Å²) in [6.07, 6.45) is 0.193. The molecule has 0 saturated carbocycles. The quantitative estimate of drug-likeness (QED) is 0.346. The van der Waals surface area contributed by atoms with E-state index in [4.69, 9.17) is 14.7 Å². The number of hydrogen-bond donors (Lipinski definition) is 2. The number of carbonyl (C=O) groups excluding carboxylic acids is 2. The van der Waals surface area contributed by atoms with Gasteiger partial charge in [-0.15, -0.1) is 0 Å². The van der Waals surface area contributed by atoms with Crippen LogP contribution >= 0.6 is 0 Å². The SMILES string of the molecule is CC(=O)NC[C@@H](C=Nc1cc(F)c(N2CCON(S(=O)(=O)CCO)CC2)c(F)c1)OC=O. The minimum atomic E-state index is -3.85. The molecule has 1 aromatic carbocycles. The molecule has 1 amide bonds. The molecule has 0 radical (unpaired) electrons. The molecule has 2 rings (SSSR count). The van der Waals surface area contributed by atoms with Gasteiger partial charge >= 0.3 is 0 Å². The maximum absolute atomic E-state index is 14.7. The van der Waals surface area contributed by atoms with E-state index in [0.717, 1.165) is 18.3 Å². The van der Waals surface area contributed by atoms with E-state index in [9.17, 15) is 26.8 Å². The van der Waals surface area contributed by atoms with Gasteiger partial charge in [-0.05, 0) is 0 Å². The van der Waals surface area contributed by atoms with Crippen LogP contribution in [0.5, 0.6) is 0 Å². The molecule has 1 saturated heterocycles.